The van der Waals surface area contributed by atoms with Crippen LogP contribution in [0, 0.1) is 0 Å². The number of nitrogens with zero attached hydrogens (tertiary/aromatic N) is 1. The van der Waals surface area contributed by atoms with Crippen LogP contribution in [0.5, 0.6) is 5.88 Å². The Kier molecular flexibility index (Phi) is 7.50. The highest BCUT2D eigenvalue weighted by atomic mass is 19.4. The molecule has 1 heterocycles. The predicted octanol–water partition coefficient (Wildman–Crippen LogP) is 3.17. The minimum absolute atomic E-state index is 0.0940. The zero-order valence-electron chi connectivity index (χ0n) is 14.6. The molecule has 0 aliphatic heterocycles. The number of urea groups is 1. The Hall–Kier alpha value is -2.03. The Morgan fingerprint density at radius 1 is 1.31 bits per heavy atom. The molecule has 6 nitrogen and oxygen atoms in total. The first-order chi connectivity index (χ1) is 12.4. The van der Waals surface area contributed by atoms with Gasteiger partial charge >= 0.3 is 12.2 Å². The number of halogens is 3. The number of aromatic nitrogens is 1. The highest BCUT2D eigenvalue weighted by Crippen LogP contribution is 2.24. The van der Waals surface area contributed by atoms with E-state index in [4.69, 9.17) is 4.74 Å². The van der Waals surface area contributed by atoms with E-state index in [0.29, 0.717) is 5.69 Å². The summed E-state index contributed by atoms with van der Waals surface area (Å²) in [6.07, 6.45) is -1.33. The van der Waals surface area contributed by atoms with E-state index in [-0.39, 0.29) is 24.5 Å². The van der Waals surface area contributed by atoms with Crippen molar-refractivity contribution in [3.05, 3.63) is 23.9 Å². The minimum atomic E-state index is -4.56. The Bertz CT molecular complexity index is 578. The summed E-state index contributed by atoms with van der Waals surface area (Å²) < 4.78 is 48.1. The predicted molar refractivity (Wildman–Crippen MR) is 88.8 cm³/mol. The molecule has 1 fully saturated rings. The van der Waals surface area contributed by atoms with Gasteiger partial charge in [0.05, 0.1) is 18.8 Å². The number of ether oxygens (including phenoxy) is 2. The van der Waals surface area contributed by atoms with E-state index in [0.717, 1.165) is 25.7 Å². The molecule has 0 radical (unpaired) electrons. The minimum Gasteiger partial charge on any atom is -0.462 e. The molecule has 0 spiro atoms. The second-order valence-corrected chi connectivity index (χ2v) is 6.23. The van der Waals surface area contributed by atoms with Gasteiger partial charge in [-0.2, -0.15) is 13.2 Å². The third kappa shape index (κ3) is 6.70. The Balaban J connectivity index is 1.86. The van der Waals surface area contributed by atoms with Crippen molar-refractivity contribution in [1.82, 2.24) is 15.6 Å². The fourth-order valence-corrected chi connectivity index (χ4v) is 2.77. The van der Waals surface area contributed by atoms with Crippen molar-refractivity contribution in [2.24, 2.45) is 0 Å². The molecule has 0 aromatic carbocycles. The average molecular weight is 375 g/mol. The molecule has 9 heteroatoms. The summed E-state index contributed by atoms with van der Waals surface area (Å²) in [5.41, 5.74) is 0.402. The maximum absolute atomic E-state index is 12.9. The molecule has 1 aliphatic rings. The molecule has 146 valence electrons. The Labute approximate surface area is 150 Å². The summed E-state index contributed by atoms with van der Waals surface area (Å²) in [5, 5.41) is 5.57. The largest absolute Gasteiger partial charge is 0.462 e. The molecule has 2 amide bonds. The van der Waals surface area contributed by atoms with Crippen LogP contribution in [0.4, 0.5) is 18.0 Å². The van der Waals surface area contributed by atoms with Crippen molar-refractivity contribution < 1.29 is 27.4 Å². The SMILES string of the molecule is COCC(Oc1cccc(CNC(=O)NC2CCCCC2)n1)C(F)(F)F. The summed E-state index contributed by atoms with van der Waals surface area (Å²) in [4.78, 5) is 15.9. The molecule has 1 atom stereocenters. The number of alkyl halides is 3. The van der Waals surface area contributed by atoms with Gasteiger partial charge in [0.2, 0.25) is 12.0 Å². The fraction of sp³-hybridized carbons (Fsp3) is 0.647. The van der Waals surface area contributed by atoms with Crippen molar-refractivity contribution in [3.63, 3.8) is 0 Å². The average Bonchev–Trinajstić information content (AvgIpc) is 2.60. The van der Waals surface area contributed by atoms with Crippen molar-refractivity contribution in [1.29, 1.82) is 0 Å². The van der Waals surface area contributed by atoms with E-state index in [1.807, 2.05) is 0 Å². The van der Waals surface area contributed by atoms with Crippen molar-refractivity contribution >= 4 is 6.03 Å². The molecule has 0 saturated heterocycles. The van der Waals surface area contributed by atoms with Gasteiger partial charge in [0.15, 0.2) is 0 Å². The molecular weight excluding hydrogens is 351 g/mol. The maximum atomic E-state index is 12.9. The molecule has 1 aromatic rings. The van der Waals surface area contributed by atoms with Gasteiger partial charge in [0, 0.05) is 19.2 Å². The third-order valence-corrected chi connectivity index (χ3v) is 4.10. The first kappa shape index (κ1) is 20.3. The molecule has 26 heavy (non-hydrogen) atoms. The van der Waals surface area contributed by atoms with E-state index in [9.17, 15) is 18.0 Å². The zero-order chi connectivity index (χ0) is 19.0. The summed E-state index contributed by atoms with van der Waals surface area (Å²) in [7, 11) is 1.17. The number of nitrogens with one attached hydrogen (secondary N) is 2. The second kappa shape index (κ2) is 9.61. The molecule has 2 N–H and O–H groups in total. The van der Waals surface area contributed by atoms with E-state index < -0.39 is 18.9 Å². The quantitative estimate of drug-likeness (QED) is 0.768. The van der Waals surface area contributed by atoms with Crippen molar-refractivity contribution in [2.45, 2.75) is 57.0 Å². The van der Waals surface area contributed by atoms with Crippen LogP contribution in [0.25, 0.3) is 0 Å². The number of hydrogen-bond acceptors (Lipinski definition) is 4. The van der Waals surface area contributed by atoms with Crippen molar-refractivity contribution in [3.8, 4) is 5.88 Å². The lowest BCUT2D eigenvalue weighted by Gasteiger charge is -2.23. The molecule has 1 aliphatic carbocycles. The second-order valence-electron chi connectivity index (χ2n) is 6.23. The molecular formula is C17H24F3N3O3. The standard InChI is InChI=1S/C17H24F3N3O3/c1-25-11-14(17(18,19)20)26-15-9-5-8-13(22-15)10-21-16(24)23-12-6-3-2-4-7-12/h5,8-9,12,14H,2-4,6-7,10-11H2,1H3,(H2,21,23,24). The van der Waals surface area contributed by atoms with Crippen LogP contribution < -0.4 is 15.4 Å². The number of pyridine rings is 1. The maximum Gasteiger partial charge on any atom is 0.427 e. The van der Waals surface area contributed by atoms with Crippen LogP contribution in [-0.4, -0.2) is 43.1 Å². The topological polar surface area (TPSA) is 72.5 Å². The Morgan fingerprint density at radius 3 is 2.69 bits per heavy atom. The first-order valence-electron chi connectivity index (χ1n) is 8.61. The first-order valence-corrected chi connectivity index (χ1v) is 8.61. The molecule has 0 bridgehead atoms. The van der Waals surface area contributed by atoms with Crippen LogP contribution in [0.1, 0.15) is 37.8 Å². The van der Waals surface area contributed by atoms with Gasteiger partial charge in [-0.15, -0.1) is 0 Å². The van der Waals surface area contributed by atoms with Gasteiger partial charge in [-0.3, -0.25) is 0 Å². The van der Waals surface area contributed by atoms with Gasteiger partial charge in [0.1, 0.15) is 0 Å². The van der Waals surface area contributed by atoms with Crippen LogP contribution in [-0.2, 0) is 11.3 Å². The van der Waals surface area contributed by atoms with Gasteiger partial charge in [-0.1, -0.05) is 25.3 Å². The van der Waals surface area contributed by atoms with Gasteiger partial charge in [0.25, 0.3) is 0 Å². The number of amides is 2. The highest BCUT2D eigenvalue weighted by Gasteiger charge is 2.42. The van der Waals surface area contributed by atoms with Gasteiger partial charge in [-0.25, -0.2) is 9.78 Å². The van der Waals surface area contributed by atoms with E-state index in [1.165, 1.54) is 25.7 Å². The van der Waals surface area contributed by atoms with Crippen LogP contribution in [0.15, 0.2) is 18.2 Å². The smallest absolute Gasteiger partial charge is 0.427 e. The van der Waals surface area contributed by atoms with Crippen LogP contribution >= 0.6 is 0 Å². The fourth-order valence-electron chi connectivity index (χ4n) is 2.77. The number of methoxy groups -OCH3 is 1. The molecule has 1 aromatic heterocycles. The molecule has 1 saturated carbocycles. The van der Waals surface area contributed by atoms with Crippen LogP contribution in [0.3, 0.4) is 0 Å². The third-order valence-electron chi connectivity index (χ3n) is 4.10. The van der Waals surface area contributed by atoms with Crippen molar-refractivity contribution in [2.75, 3.05) is 13.7 Å². The lowest BCUT2D eigenvalue weighted by Crippen LogP contribution is -2.42. The Morgan fingerprint density at radius 2 is 2.04 bits per heavy atom. The van der Waals surface area contributed by atoms with E-state index >= 15 is 0 Å². The summed E-state index contributed by atoms with van der Waals surface area (Å²) in [6.45, 7) is -0.534. The van der Waals surface area contributed by atoms with E-state index in [1.54, 1.807) is 6.07 Å². The normalized spacial score (nSPS) is 16.8. The number of carbonyl (C=O) groups is 1. The summed E-state index contributed by atoms with van der Waals surface area (Å²) >= 11 is 0. The van der Waals surface area contributed by atoms with Gasteiger partial charge in [-0.05, 0) is 18.9 Å². The number of rotatable bonds is 7. The zero-order valence-corrected chi connectivity index (χ0v) is 14.6. The lowest BCUT2D eigenvalue weighted by atomic mass is 9.96. The lowest BCUT2D eigenvalue weighted by molar-refractivity contribution is -0.207. The van der Waals surface area contributed by atoms with Crippen LogP contribution in [0.2, 0.25) is 0 Å². The molecule has 1 unspecified atom stereocenters. The summed E-state index contributed by atoms with van der Waals surface area (Å²) in [5.74, 6) is -0.170. The van der Waals surface area contributed by atoms with Gasteiger partial charge < -0.3 is 20.1 Å². The van der Waals surface area contributed by atoms with E-state index in [2.05, 4.69) is 20.4 Å². The highest BCUT2D eigenvalue weighted by molar-refractivity contribution is 5.74. The summed E-state index contributed by atoms with van der Waals surface area (Å²) in [6, 6.07) is 4.33. The number of carbonyl (C=O) groups excluding carboxylic acids is 1. The monoisotopic (exact) mass is 375 g/mol. The number of hydrogen-bond donors (Lipinski definition) is 2. The molecule has 2 rings (SSSR count).